The van der Waals surface area contributed by atoms with Crippen LogP contribution in [-0.4, -0.2) is 64.5 Å². The predicted molar refractivity (Wildman–Crippen MR) is 136 cm³/mol. The van der Waals surface area contributed by atoms with Crippen LogP contribution in [0.5, 0.6) is 17.4 Å². The summed E-state index contributed by atoms with van der Waals surface area (Å²) in [7, 11) is 1.30. The number of aromatic hydroxyl groups is 1. The molecule has 4 rings (SSSR count). The molecule has 1 aliphatic heterocycles. The monoisotopic (exact) mass is 523 g/mol. The van der Waals surface area contributed by atoms with E-state index in [2.05, 4.69) is 25.9 Å². The molecule has 3 heterocycles. The van der Waals surface area contributed by atoms with Gasteiger partial charge in [0.1, 0.15) is 17.8 Å². The molecular weight excluding hydrogens is 494 g/mol. The van der Waals surface area contributed by atoms with Gasteiger partial charge in [-0.3, -0.25) is 19.2 Å². The van der Waals surface area contributed by atoms with Gasteiger partial charge in [0.2, 0.25) is 24.4 Å². The molecular formula is C26H29N5O7. The zero-order valence-corrected chi connectivity index (χ0v) is 21.2. The van der Waals surface area contributed by atoms with Crippen LogP contribution in [0.15, 0.2) is 36.5 Å². The Morgan fingerprint density at radius 3 is 2.50 bits per heavy atom. The number of carbonyl (C=O) groups is 4. The fourth-order valence-electron chi connectivity index (χ4n) is 4.16. The third kappa shape index (κ3) is 5.85. The highest BCUT2D eigenvalue weighted by molar-refractivity contribution is 6.38. The number of fused-ring (bicyclic) bond motifs is 2. The van der Waals surface area contributed by atoms with Gasteiger partial charge in [0.15, 0.2) is 11.5 Å². The van der Waals surface area contributed by atoms with Crippen molar-refractivity contribution >= 4 is 34.4 Å². The van der Waals surface area contributed by atoms with Crippen molar-refractivity contribution in [2.75, 3.05) is 13.8 Å². The molecule has 0 aliphatic carbocycles. The van der Waals surface area contributed by atoms with E-state index < -0.39 is 35.6 Å². The lowest BCUT2D eigenvalue weighted by Crippen LogP contribution is -2.54. The average molecular weight is 524 g/mol. The molecule has 2 aromatic heterocycles. The zero-order valence-electron chi connectivity index (χ0n) is 21.2. The van der Waals surface area contributed by atoms with Gasteiger partial charge in [0.25, 0.3) is 11.8 Å². The molecule has 200 valence electrons. The van der Waals surface area contributed by atoms with Crippen LogP contribution in [-0.2, 0) is 20.8 Å². The van der Waals surface area contributed by atoms with E-state index in [9.17, 15) is 24.3 Å². The van der Waals surface area contributed by atoms with E-state index in [4.69, 9.17) is 9.47 Å². The summed E-state index contributed by atoms with van der Waals surface area (Å²) in [6.07, 6.45) is 1.47. The predicted octanol–water partition coefficient (Wildman–Crippen LogP) is 1.18. The Labute approximate surface area is 218 Å². The van der Waals surface area contributed by atoms with Crippen LogP contribution in [0, 0.1) is 5.92 Å². The Bertz CT molecular complexity index is 1340. The Morgan fingerprint density at radius 1 is 1.08 bits per heavy atom. The number of rotatable bonds is 10. The second-order valence-electron chi connectivity index (χ2n) is 9.33. The number of nitrogens with zero attached hydrogens (tertiary/aromatic N) is 1. The fourth-order valence-corrected chi connectivity index (χ4v) is 4.16. The van der Waals surface area contributed by atoms with Gasteiger partial charge in [0, 0.05) is 42.2 Å². The van der Waals surface area contributed by atoms with Gasteiger partial charge >= 0.3 is 0 Å². The van der Waals surface area contributed by atoms with Crippen molar-refractivity contribution in [3.63, 3.8) is 0 Å². The molecule has 0 radical (unpaired) electrons. The van der Waals surface area contributed by atoms with Crippen LogP contribution < -0.4 is 25.4 Å². The standard InChI is InChI=1S/C26H29N5O7/c1-13(2)7-18(31-25(35)19-9-15-10-20-21(38-12-37-20)11-16(15)29-19)24(34)30-17(22(32)26(36)27-3)8-14-5-4-6-28-23(14)33/h4-6,9-11,13,17-18,29H,7-8,12H2,1-3H3,(H,27,36)(H,28,33)(H,30,34)(H,31,35)/t17-,18-/m0/s1. The van der Waals surface area contributed by atoms with E-state index >= 15 is 0 Å². The summed E-state index contributed by atoms with van der Waals surface area (Å²) < 4.78 is 10.8. The van der Waals surface area contributed by atoms with Crippen molar-refractivity contribution in [2.24, 2.45) is 5.92 Å². The molecule has 0 unspecified atom stereocenters. The van der Waals surface area contributed by atoms with Gasteiger partial charge in [0.05, 0.1) is 0 Å². The first kappa shape index (κ1) is 26.5. The lowest BCUT2D eigenvalue weighted by molar-refractivity contribution is -0.140. The zero-order chi connectivity index (χ0) is 27.4. The Morgan fingerprint density at radius 2 is 1.82 bits per heavy atom. The number of Topliss-reactive ketones (excluding diaryl/α,β-unsaturated/α-hetero) is 1. The first-order chi connectivity index (χ1) is 18.2. The molecule has 12 heteroatoms. The number of aromatic amines is 1. The van der Waals surface area contributed by atoms with Gasteiger partial charge in [-0.05, 0) is 30.5 Å². The van der Waals surface area contributed by atoms with Crippen molar-refractivity contribution in [1.29, 1.82) is 0 Å². The second-order valence-corrected chi connectivity index (χ2v) is 9.33. The average Bonchev–Trinajstić information content (AvgIpc) is 3.52. The summed E-state index contributed by atoms with van der Waals surface area (Å²) in [5, 5.41) is 18.3. The molecule has 3 aromatic rings. The van der Waals surface area contributed by atoms with E-state index in [1.54, 1.807) is 24.3 Å². The summed E-state index contributed by atoms with van der Waals surface area (Å²) >= 11 is 0. The van der Waals surface area contributed by atoms with E-state index in [0.717, 1.165) is 5.39 Å². The minimum atomic E-state index is -1.29. The molecule has 12 nitrogen and oxygen atoms in total. The van der Waals surface area contributed by atoms with Gasteiger partial charge in [-0.1, -0.05) is 19.9 Å². The summed E-state index contributed by atoms with van der Waals surface area (Å²) in [5.74, 6) is -2.13. The van der Waals surface area contributed by atoms with E-state index in [-0.39, 0.29) is 42.7 Å². The summed E-state index contributed by atoms with van der Waals surface area (Å²) in [4.78, 5) is 58.1. The third-order valence-corrected chi connectivity index (χ3v) is 6.06. The lowest BCUT2D eigenvalue weighted by atomic mass is 9.99. The van der Waals surface area contributed by atoms with Gasteiger partial charge in [-0.15, -0.1) is 0 Å². The highest BCUT2D eigenvalue weighted by Crippen LogP contribution is 2.36. The smallest absolute Gasteiger partial charge is 0.289 e. The number of nitrogens with one attached hydrogen (secondary N) is 4. The highest BCUT2D eigenvalue weighted by atomic mass is 16.7. The number of amides is 3. The largest absolute Gasteiger partial charge is 0.493 e. The van der Waals surface area contributed by atoms with E-state index in [1.807, 2.05) is 13.8 Å². The van der Waals surface area contributed by atoms with Crippen LogP contribution in [0.4, 0.5) is 0 Å². The maximum Gasteiger partial charge on any atom is 0.289 e. The molecule has 2 atom stereocenters. The maximum absolute atomic E-state index is 13.3. The molecule has 0 spiro atoms. The van der Waals surface area contributed by atoms with Gasteiger partial charge in [-0.2, -0.15) is 0 Å². The first-order valence-corrected chi connectivity index (χ1v) is 12.1. The summed E-state index contributed by atoms with van der Waals surface area (Å²) in [6.45, 7) is 3.90. The minimum absolute atomic E-state index is 0.0153. The quantitative estimate of drug-likeness (QED) is 0.247. The lowest BCUT2D eigenvalue weighted by Gasteiger charge is -2.23. The third-order valence-electron chi connectivity index (χ3n) is 6.06. The molecule has 5 N–H and O–H groups in total. The first-order valence-electron chi connectivity index (χ1n) is 12.1. The van der Waals surface area contributed by atoms with Gasteiger partial charge in [-0.25, -0.2) is 4.98 Å². The van der Waals surface area contributed by atoms with Crippen LogP contribution in [0.25, 0.3) is 10.9 Å². The topological polar surface area (TPSA) is 172 Å². The summed E-state index contributed by atoms with van der Waals surface area (Å²) in [6, 6.07) is 5.93. The second kappa shape index (κ2) is 11.2. The summed E-state index contributed by atoms with van der Waals surface area (Å²) in [5.41, 5.74) is 1.16. The fraction of sp³-hybridized carbons (Fsp3) is 0.346. The number of ketones is 1. The molecule has 0 bridgehead atoms. The van der Waals surface area contributed by atoms with Crippen LogP contribution in [0.3, 0.4) is 0 Å². The molecule has 1 aromatic carbocycles. The molecule has 0 saturated carbocycles. The van der Waals surface area contributed by atoms with E-state index in [1.165, 1.54) is 19.3 Å². The number of ether oxygens (including phenoxy) is 2. The maximum atomic E-state index is 13.3. The number of hydrogen-bond acceptors (Lipinski definition) is 8. The minimum Gasteiger partial charge on any atom is -0.493 e. The highest BCUT2D eigenvalue weighted by Gasteiger charge is 2.31. The molecule has 3 amide bonds. The van der Waals surface area contributed by atoms with Crippen LogP contribution in [0.1, 0.15) is 36.3 Å². The van der Waals surface area contributed by atoms with Crippen molar-refractivity contribution in [3.05, 3.63) is 47.8 Å². The van der Waals surface area contributed by atoms with Crippen molar-refractivity contribution in [2.45, 2.75) is 38.8 Å². The number of hydrogen-bond donors (Lipinski definition) is 5. The Hall–Kier alpha value is -4.61. The number of H-pyrrole nitrogens is 1. The number of likely N-dealkylation sites (N-methyl/N-ethyl adjacent to an activating group) is 1. The Kier molecular flexibility index (Phi) is 7.79. The Balaban J connectivity index is 1.53. The van der Waals surface area contributed by atoms with E-state index in [0.29, 0.717) is 17.0 Å². The number of carbonyl (C=O) groups excluding carboxylic acids is 4. The molecule has 38 heavy (non-hydrogen) atoms. The van der Waals surface area contributed by atoms with Crippen LogP contribution in [0.2, 0.25) is 0 Å². The van der Waals surface area contributed by atoms with Gasteiger partial charge < -0.3 is 35.5 Å². The van der Waals surface area contributed by atoms with Crippen molar-refractivity contribution in [1.82, 2.24) is 25.9 Å². The number of benzene rings is 1. The normalized spacial score (nSPS) is 13.7. The number of pyridine rings is 1. The molecule has 1 aliphatic rings. The van der Waals surface area contributed by atoms with Crippen LogP contribution >= 0.6 is 0 Å². The molecule has 0 saturated heterocycles. The van der Waals surface area contributed by atoms with Crippen molar-refractivity contribution < 1.29 is 33.8 Å². The number of aromatic nitrogens is 2. The SMILES string of the molecule is CNC(=O)C(=O)[C@H](Cc1cccnc1O)NC(=O)[C@H](CC(C)C)NC(=O)c1cc2cc3c(cc2[nH]1)OCO3. The molecule has 0 fully saturated rings. The van der Waals surface area contributed by atoms with Crippen molar-refractivity contribution in [3.8, 4) is 17.4 Å².